The molecule has 2 aromatic carbocycles. The van der Waals surface area contributed by atoms with Crippen molar-refractivity contribution in [3.05, 3.63) is 64.7 Å². The minimum Gasteiger partial charge on any atom is -0.496 e. The SMILES string of the molecule is COc1ccc(C(C)(F)F)cc1C(N)=NCc1ccc(C(F)(F)F)cc1. The summed E-state index contributed by atoms with van der Waals surface area (Å²) in [6, 6.07) is 8.24. The molecule has 0 saturated carbocycles. The van der Waals surface area contributed by atoms with Crippen LogP contribution in [0.15, 0.2) is 47.5 Å². The van der Waals surface area contributed by atoms with Crippen LogP contribution in [-0.4, -0.2) is 12.9 Å². The maximum absolute atomic E-state index is 13.5. The van der Waals surface area contributed by atoms with E-state index in [1.54, 1.807) is 0 Å². The Balaban J connectivity index is 2.26. The maximum atomic E-state index is 13.5. The van der Waals surface area contributed by atoms with Crippen molar-refractivity contribution in [2.45, 2.75) is 25.6 Å². The standard InChI is InChI=1S/C18H17F5N2O/c1-17(19,20)13-7-8-15(26-2)14(9-13)16(24)25-10-11-3-5-12(6-4-11)18(21,22)23/h3-9H,10H2,1-2H3,(H2,24,25). The highest BCUT2D eigenvalue weighted by Gasteiger charge is 2.30. The molecule has 0 unspecified atom stereocenters. The molecule has 0 aliphatic heterocycles. The minimum atomic E-state index is -4.42. The summed E-state index contributed by atoms with van der Waals surface area (Å²) in [6.45, 7) is 0.758. The molecule has 0 amide bonds. The molecule has 0 aliphatic rings. The molecule has 0 bridgehead atoms. The summed E-state index contributed by atoms with van der Waals surface area (Å²) < 4.78 is 69.8. The molecule has 0 saturated heterocycles. The lowest BCUT2D eigenvalue weighted by Crippen LogP contribution is -2.17. The number of hydrogen-bond acceptors (Lipinski definition) is 2. The largest absolute Gasteiger partial charge is 0.496 e. The minimum absolute atomic E-state index is 0.000129. The molecular weight excluding hydrogens is 355 g/mol. The van der Waals surface area contributed by atoms with E-state index in [2.05, 4.69) is 4.99 Å². The average molecular weight is 372 g/mol. The van der Waals surface area contributed by atoms with Gasteiger partial charge in [0.2, 0.25) is 0 Å². The summed E-state index contributed by atoms with van der Waals surface area (Å²) in [7, 11) is 1.37. The summed E-state index contributed by atoms with van der Waals surface area (Å²) >= 11 is 0. The third kappa shape index (κ3) is 4.71. The Morgan fingerprint density at radius 3 is 2.08 bits per heavy atom. The van der Waals surface area contributed by atoms with Gasteiger partial charge >= 0.3 is 6.18 Å². The molecular formula is C18H17F5N2O. The van der Waals surface area contributed by atoms with Crippen LogP contribution in [0.5, 0.6) is 5.75 Å². The van der Waals surface area contributed by atoms with Crippen LogP contribution in [0.1, 0.15) is 29.2 Å². The van der Waals surface area contributed by atoms with Gasteiger partial charge in [0.05, 0.1) is 24.8 Å². The van der Waals surface area contributed by atoms with Gasteiger partial charge in [0.15, 0.2) is 0 Å². The average Bonchev–Trinajstić information content (AvgIpc) is 2.57. The second kappa shape index (κ2) is 7.31. The van der Waals surface area contributed by atoms with Gasteiger partial charge < -0.3 is 10.5 Å². The van der Waals surface area contributed by atoms with Crippen molar-refractivity contribution in [2.24, 2.45) is 10.7 Å². The predicted molar refractivity (Wildman–Crippen MR) is 88.4 cm³/mol. The zero-order chi connectivity index (χ0) is 19.5. The first-order valence-electron chi connectivity index (χ1n) is 7.55. The van der Waals surface area contributed by atoms with E-state index in [1.807, 2.05) is 0 Å². The fourth-order valence-corrected chi connectivity index (χ4v) is 2.24. The summed E-state index contributed by atoms with van der Waals surface area (Å²) in [5.41, 5.74) is 5.55. The Kier molecular flexibility index (Phi) is 5.53. The molecule has 0 radical (unpaired) electrons. The molecule has 3 nitrogen and oxygen atoms in total. The number of aliphatic imine (C=N–C) groups is 1. The molecule has 26 heavy (non-hydrogen) atoms. The Bertz CT molecular complexity index is 793. The van der Waals surface area contributed by atoms with Crippen molar-refractivity contribution >= 4 is 5.84 Å². The normalized spacial score (nSPS) is 13.0. The number of rotatable bonds is 5. The molecule has 2 N–H and O–H groups in total. The van der Waals surface area contributed by atoms with Gasteiger partial charge in [-0.3, -0.25) is 4.99 Å². The van der Waals surface area contributed by atoms with Crippen molar-refractivity contribution in [2.75, 3.05) is 7.11 Å². The van der Waals surface area contributed by atoms with Crippen molar-refractivity contribution in [1.82, 2.24) is 0 Å². The van der Waals surface area contributed by atoms with Gasteiger partial charge in [0, 0.05) is 12.5 Å². The number of alkyl halides is 5. The predicted octanol–water partition coefficient (Wildman–Crippen LogP) is 4.73. The fourth-order valence-electron chi connectivity index (χ4n) is 2.24. The number of amidine groups is 1. The van der Waals surface area contributed by atoms with Gasteiger partial charge in [-0.2, -0.15) is 13.2 Å². The Morgan fingerprint density at radius 2 is 1.58 bits per heavy atom. The van der Waals surface area contributed by atoms with Gasteiger partial charge in [0.1, 0.15) is 11.6 Å². The number of halogens is 5. The van der Waals surface area contributed by atoms with Crippen LogP contribution in [0.2, 0.25) is 0 Å². The van der Waals surface area contributed by atoms with Gasteiger partial charge in [-0.05, 0) is 35.9 Å². The number of nitrogens with zero attached hydrogens (tertiary/aromatic N) is 1. The fraction of sp³-hybridized carbons (Fsp3) is 0.278. The van der Waals surface area contributed by atoms with Gasteiger partial charge in [0.25, 0.3) is 5.92 Å². The first kappa shape index (κ1) is 19.7. The summed E-state index contributed by atoms with van der Waals surface area (Å²) in [5, 5.41) is 0. The van der Waals surface area contributed by atoms with Crippen molar-refractivity contribution in [3.63, 3.8) is 0 Å². The van der Waals surface area contributed by atoms with Crippen LogP contribution in [0.4, 0.5) is 22.0 Å². The van der Waals surface area contributed by atoms with Crippen molar-refractivity contribution in [1.29, 1.82) is 0 Å². The first-order chi connectivity index (χ1) is 12.0. The topological polar surface area (TPSA) is 47.6 Å². The van der Waals surface area contributed by atoms with Crippen LogP contribution < -0.4 is 10.5 Å². The van der Waals surface area contributed by atoms with Gasteiger partial charge in [-0.25, -0.2) is 8.78 Å². The molecule has 2 rings (SSSR count). The van der Waals surface area contributed by atoms with Crippen LogP contribution in [-0.2, 0) is 18.6 Å². The van der Waals surface area contributed by atoms with E-state index in [-0.39, 0.29) is 29.3 Å². The quantitative estimate of drug-likeness (QED) is 0.469. The van der Waals surface area contributed by atoms with E-state index in [4.69, 9.17) is 10.5 Å². The Labute approximate surface area is 147 Å². The van der Waals surface area contributed by atoms with E-state index < -0.39 is 17.7 Å². The molecule has 0 spiro atoms. The van der Waals surface area contributed by atoms with Crippen molar-refractivity contribution in [3.8, 4) is 5.75 Å². The second-order valence-electron chi connectivity index (χ2n) is 5.70. The third-order valence-electron chi connectivity index (χ3n) is 3.70. The highest BCUT2D eigenvalue weighted by molar-refractivity contribution is 6.00. The first-order valence-corrected chi connectivity index (χ1v) is 7.55. The Hall–Kier alpha value is -2.64. The zero-order valence-electron chi connectivity index (χ0n) is 14.1. The molecule has 140 valence electrons. The van der Waals surface area contributed by atoms with Gasteiger partial charge in [-0.1, -0.05) is 12.1 Å². The highest BCUT2D eigenvalue weighted by Crippen LogP contribution is 2.31. The number of nitrogens with two attached hydrogens (primary N) is 1. The smallest absolute Gasteiger partial charge is 0.416 e. The van der Waals surface area contributed by atoms with Crippen molar-refractivity contribution < 1.29 is 26.7 Å². The van der Waals surface area contributed by atoms with Crippen LogP contribution in [0.25, 0.3) is 0 Å². The highest BCUT2D eigenvalue weighted by atomic mass is 19.4. The lowest BCUT2D eigenvalue weighted by molar-refractivity contribution is -0.137. The zero-order valence-corrected chi connectivity index (χ0v) is 14.1. The van der Waals surface area contributed by atoms with E-state index in [0.29, 0.717) is 5.56 Å². The molecule has 0 fully saturated rings. The van der Waals surface area contributed by atoms with Gasteiger partial charge in [-0.15, -0.1) is 0 Å². The van der Waals surface area contributed by atoms with Crippen LogP contribution in [0.3, 0.4) is 0 Å². The van der Waals surface area contributed by atoms with Crippen LogP contribution >= 0.6 is 0 Å². The van der Waals surface area contributed by atoms with Crippen LogP contribution in [0, 0.1) is 0 Å². The summed E-state index contributed by atoms with van der Waals surface area (Å²) in [4.78, 5) is 4.08. The number of ether oxygens (including phenoxy) is 1. The lowest BCUT2D eigenvalue weighted by atomic mass is 10.0. The molecule has 8 heteroatoms. The molecule has 0 aliphatic carbocycles. The molecule has 0 heterocycles. The number of methoxy groups -OCH3 is 1. The molecule has 0 aromatic heterocycles. The summed E-state index contributed by atoms with van der Waals surface area (Å²) in [5.74, 6) is -2.84. The number of hydrogen-bond donors (Lipinski definition) is 1. The second-order valence-corrected chi connectivity index (χ2v) is 5.70. The van der Waals surface area contributed by atoms with E-state index >= 15 is 0 Å². The van der Waals surface area contributed by atoms with E-state index in [9.17, 15) is 22.0 Å². The van der Waals surface area contributed by atoms with E-state index in [1.165, 1.54) is 37.4 Å². The molecule has 2 aromatic rings. The Morgan fingerprint density at radius 1 is 1.00 bits per heavy atom. The third-order valence-corrected chi connectivity index (χ3v) is 3.70. The summed E-state index contributed by atoms with van der Waals surface area (Å²) in [6.07, 6.45) is -4.42. The number of benzene rings is 2. The lowest BCUT2D eigenvalue weighted by Gasteiger charge is -2.14. The maximum Gasteiger partial charge on any atom is 0.416 e. The van der Waals surface area contributed by atoms with E-state index in [0.717, 1.165) is 19.1 Å². The molecule has 0 atom stereocenters. The monoisotopic (exact) mass is 372 g/mol.